The van der Waals surface area contributed by atoms with Crippen molar-refractivity contribution in [1.82, 2.24) is 14.7 Å². The lowest BCUT2D eigenvalue weighted by atomic mass is 9.52. The second-order valence-corrected chi connectivity index (χ2v) is 13.9. The predicted octanol–water partition coefficient (Wildman–Crippen LogP) is -0.697. The van der Waals surface area contributed by atoms with Gasteiger partial charge in [-0.3, -0.25) is 38.7 Å². The topological polar surface area (TPSA) is 198 Å². The Morgan fingerprint density at radius 3 is 2.31 bits per heavy atom. The Morgan fingerprint density at radius 1 is 1.04 bits per heavy atom. The smallest absolute Gasteiger partial charge is 0.235 e. The van der Waals surface area contributed by atoms with Crippen LogP contribution in [0.15, 0.2) is 22.6 Å². The fourth-order valence-corrected chi connectivity index (χ4v) is 8.38. The zero-order valence-electron chi connectivity index (χ0n) is 27.6. The molecule has 3 aliphatic carbocycles. The van der Waals surface area contributed by atoms with Crippen molar-refractivity contribution < 1.29 is 43.7 Å². The van der Waals surface area contributed by atoms with E-state index in [-0.39, 0.29) is 36.3 Å². The molecule has 0 bridgehead atoms. The number of aliphatic hydroxyl groups excluding tert-OH is 1. The molecule has 1 aromatic carbocycles. The fourth-order valence-electron chi connectivity index (χ4n) is 8.38. The average Bonchev–Trinajstić information content (AvgIpc) is 3.47. The number of rotatable bonds is 8. The van der Waals surface area contributed by atoms with Crippen molar-refractivity contribution >= 4 is 34.7 Å². The molecule has 2 aromatic rings. The summed E-state index contributed by atoms with van der Waals surface area (Å²) in [7, 11) is 6.70. The van der Waals surface area contributed by atoms with E-state index in [2.05, 4.69) is 9.80 Å². The molecule has 1 aromatic heterocycles. The van der Waals surface area contributed by atoms with E-state index in [1.54, 1.807) is 45.2 Å². The summed E-state index contributed by atoms with van der Waals surface area (Å²) in [5.41, 5.74) is 3.95. The minimum atomic E-state index is -2.78. The quantitative estimate of drug-likeness (QED) is 0.259. The van der Waals surface area contributed by atoms with Gasteiger partial charge >= 0.3 is 0 Å². The van der Waals surface area contributed by atoms with Gasteiger partial charge in [0.1, 0.15) is 17.3 Å². The van der Waals surface area contributed by atoms with Crippen LogP contribution in [0.3, 0.4) is 0 Å². The Morgan fingerprint density at radius 2 is 1.71 bits per heavy atom. The predicted molar refractivity (Wildman–Crippen MR) is 172 cm³/mol. The Labute approximate surface area is 278 Å². The first-order valence-corrected chi connectivity index (χ1v) is 16.3. The Kier molecular flexibility index (Phi) is 8.83. The number of carbonyl (C=O) groups is 5. The molecule has 14 nitrogen and oxygen atoms in total. The van der Waals surface area contributed by atoms with E-state index in [4.69, 9.17) is 10.2 Å². The van der Waals surface area contributed by atoms with E-state index in [0.29, 0.717) is 35.9 Å². The number of Topliss-reactive ketones (excluding diaryl/α,β-unsaturated/α-hetero) is 4. The Balaban J connectivity index is 1.36. The minimum Gasteiger partial charge on any atom is -0.506 e. The van der Waals surface area contributed by atoms with Crippen LogP contribution in [0.5, 0.6) is 5.75 Å². The number of ketones is 4. The number of hydrogen-bond acceptors (Lipinski definition) is 13. The van der Waals surface area contributed by atoms with Crippen LogP contribution in [0.1, 0.15) is 28.1 Å². The fraction of sp³-hybridized carbons (Fsp3) is 0.559. The number of fused-ring (bicyclic) bond motifs is 3. The zero-order valence-corrected chi connectivity index (χ0v) is 27.6. The molecule has 2 heterocycles. The third kappa shape index (κ3) is 5.26. The molecule has 1 saturated heterocycles. The van der Waals surface area contributed by atoms with Gasteiger partial charge in [0.25, 0.3) is 0 Å². The van der Waals surface area contributed by atoms with Crippen molar-refractivity contribution in [2.24, 2.45) is 29.4 Å². The highest BCUT2D eigenvalue weighted by atomic mass is 16.3. The number of piperazine rings is 1. The summed E-state index contributed by atoms with van der Waals surface area (Å²) < 4.78 is 6.18. The van der Waals surface area contributed by atoms with Crippen molar-refractivity contribution in [2.75, 3.05) is 72.4 Å². The number of nitrogens with zero attached hydrogens (tertiary/aromatic N) is 4. The number of aliphatic hydroxyl groups is 2. The first-order valence-electron chi connectivity index (χ1n) is 16.3. The highest BCUT2D eigenvalue weighted by Gasteiger charge is 2.69. The van der Waals surface area contributed by atoms with Gasteiger partial charge in [-0.1, -0.05) is 0 Å². The number of phenols is 1. The van der Waals surface area contributed by atoms with Crippen molar-refractivity contribution in [1.29, 1.82) is 0 Å². The number of amides is 1. The first-order chi connectivity index (χ1) is 22.7. The van der Waals surface area contributed by atoms with E-state index >= 15 is 0 Å². The number of benzene rings is 1. The summed E-state index contributed by atoms with van der Waals surface area (Å²) in [6.07, 6.45) is 0.147. The number of carbonyl (C=O) groups excluding carboxylic acids is 5. The van der Waals surface area contributed by atoms with E-state index in [9.17, 15) is 39.3 Å². The number of β-amino-alcohol motifs (C(OH)–C–C–N with tert-alkyl or cyclic N) is 1. The number of phenolic OH excluding ortho intramolecular Hbond substituents is 1. The van der Waals surface area contributed by atoms with Gasteiger partial charge in [-0.15, -0.1) is 0 Å². The summed E-state index contributed by atoms with van der Waals surface area (Å²) in [5, 5.41) is 32.8. The molecule has 1 aliphatic heterocycles. The van der Waals surface area contributed by atoms with Gasteiger partial charge in [-0.05, 0) is 56.6 Å². The van der Waals surface area contributed by atoms with Crippen LogP contribution in [0.2, 0.25) is 0 Å². The molecule has 258 valence electrons. The number of furan rings is 1. The lowest BCUT2D eigenvalue weighted by Gasteiger charge is -2.52. The normalized spacial score (nSPS) is 29.5. The van der Waals surface area contributed by atoms with Crippen LogP contribution >= 0.6 is 0 Å². The largest absolute Gasteiger partial charge is 0.506 e. The monoisotopic (exact) mass is 665 g/mol. The molecule has 48 heavy (non-hydrogen) atoms. The van der Waals surface area contributed by atoms with Crippen LogP contribution in [0.4, 0.5) is 5.69 Å². The Hall–Kier alpha value is -3.95. The molecule has 6 atom stereocenters. The number of aromatic hydroxyl groups is 1. The highest BCUT2D eigenvalue weighted by Crippen LogP contribution is 2.53. The molecule has 0 spiro atoms. The number of primary amides is 1. The van der Waals surface area contributed by atoms with Gasteiger partial charge in [0.2, 0.25) is 5.91 Å². The molecule has 2 unspecified atom stereocenters. The van der Waals surface area contributed by atoms with Crippen LogP contribution in [0, 0.1) is 23.7 Å². The summed E-state index contributed by atoms with van der Waals surface area (Å²) in [6, 6.07) is 4.12. The number of hydrogen-bond donors (Lipinski definition) is 4. The van der Waals surface area contributed by atoms with Gasteiger partial charge in [-0.2, -0.15) is 0 Å². The van der Waals surface area contributed by atoms with Crippen LogP contribution in [0.25, 0.3) is 11.3 Å². The highest BCUT2D eigenvalue weighted by molar-refractivity contribution is 6.32. The SMILES string of the molecule is CN(C)c1cc(-c2ccc(CN3CCN(CCO)CC3)o2)c(O)c2c1C[C@H]1C[C@H]3[C@H](N(C)C)C(=O)C(C(N)=O)C(=O)[C@]3(O)C(=O)C1C2=O. The zero-order chi connectivity index (χ0) is 34.8. The standard InChI is InChI=1S/C34H43N5O9/c1-36(2)22-15-20(23-6-5-18(48-23)16-39-9-7-38(8-10-39)11-12-40)28(41)25-19(22)13-17-14-21-27(37(3)4)30(43)26(33(35)46)32(45)34(21,47)31(44)24(17)29(25)42/h5-6,15,17,21,24,26-27,40-41,47H,7-14,16H2,1-4H3,(H2,35,46)/t17-,21-,24?,26?,27-,34+/m0/s1. The Bertz CT molecular complexity index is 1680. The molecule has 0 radical (unpaired) electrons. The van der Waals surface area contributed by atoms with Crippen molar-refractivity contribution in [2.45, 2.75) is 31.0 Å². The van der Waals surface area contributed by atoms with E-state index < -0.39 is 64.4 Å². The van der Waals surface area contributed by atoms with Gasteiger partial charge in [0.05, 0.1) is 36.2 Å². The van der Waals surface area contributed by atoms with E-state index in [1.807, 2.05) is 6.07 Å². The summed E-state index contributed by atoms with van der Waals surface area (Å²) >= 11 is 0. The molecular weight excluding hydrogens is 622 g/mol. The molecule has 5 N–H and O–H groups in total. The lowest BCUT2D eigenvalue weighted by Crippen LogP contribution is -2.74. The van der Waals surface area contributed by atoms with Gasteiger partial charge < -0.3 is 30.4 Å². The molecular formula is C34H43N5O9. The molecule has 1 amide bonds. The van der Waals surface area contributed by atoms with Gasteiger partial charge in [0.15, 0.2) is 34.7 Å². The summed E-state index contributed by atoms with van der Waals surface area (Å²) in [5.74, 6) is -9.91. The van der Waals surface area contributed by atoms with Crippen molar-refractivity contribution in [3.05, 3.63) is 35.1 Å². The van der Waals surface area contributed by atoms with Gasteiger partial charge in [0, 0.05) is 58.4 Å². The average molecular weight is 666 g/mol. The molecule has 6 rings (SSSR count). The molecule has 14 heteroatoms. The van der Waals surface area contributed by atoms with Crippen LogP contribution in [-0.2, 0) is 32.1 Å². The van der Waals surface area contributed by atoms with Crippen molar-refractivity contribution in [3.63, 3.8) is 0 Å². The number of anilines is 1. The third-order valence-electron chi connectivity index (χ3n) is 10.7. The molecule has 2 saturated carbocycles. The number of likely N-dealkylation sites (N-methyl/N-ethyl adjacent to an activating group) is 1. The van der Waals surface area contributed by atoms with Crippen molar-refractivity contribution in [3.8, 4) is 17.1 Å². The van der Waals surface area contributed by atoms with E-state index in [1.165, 1.54) is 4.90 Å². The summed E-state index contributed by atoms with van der Waals surface area (Å²) in [4.78, 5) is 75.4. The third-order valence-corrected chi connectivity index (χ3v) is 10.7. The first kappa shape index (κ1) is 33.9. The maximum absolute atomic E-state index is 14.4. The second-order valence-electron chi connectivity index (χ2n) is 13.9. The molecule has 3 fully saturated rings. The van der Waals surface area contributed by atoms with Crippen LogP contribution < -0.4 is 10.6 Å². The molecule has 4 aliphatic rings. The maximum atomic E-state index is 14.4. The second kappa shape index (κ2) is 12.5. The van der Waals surface area contributed by atoms with E-state index in [0.717, 1.165) is 26.2 Å². The summed E-state index contributed by atoms with van der Waals surface area (Å²) in [6.45, 7) is 4.54. The van der Waals surface area contributed by atoms with Gasteiger partial charge in [-0.25, -0.2) is 0 Å². The van der Waals surface area contributed by atoms with Crippen LogP contribution in [-0.4, -0.2) is 138 Å². The lowest BCUT2D eigenvalue weighted by molar-refractivity contribution is -0.181. The maximum Gasteiger partial charge on any atom is 0.235 e. The minimum absolute atomic E-state index is 0.0188. The number of nitrogens with two attached hydrogens (primary N) is 1.